The Morgan fingerprint density at radius 3 is 2.59 bits per heavy atom. The van der Waals surface area contributed by atoms with Gasteiger partial charge in [-0.15, -0.1) is 0 Å². The highest BCUT2D eigenvalue weighted by Gasteiger charge is 2.23. The highest BCUT2D eigenvalue weighted by atomic mass is 79.9. The first kappa shape index (κ1) is 21.8. The summed E-state index contributed by atoms with van der Waals surface area (Å²) in [5.41, 5.74) is 0.190. The summed E-state index contributed by atoms with van der Waals surface area (Å²) in [7, 11) is -2.50. The van der Waals surface area contributed by atoms with Crippen molar-refractivity contribution in [3.05, 3.63) is 93.1 Å². The quantitative estimate of drug-likeness (QED) is 0.407. The van der Waals surface area contributed by atoms with Gasteiger partial charge >= 0.3 is 0 Å². The lowest BCUT2D eigenvalue weighted by molar-refractivity contribution is 0.0947. The van der Waals surface area contributed by atoms with Crippen LogP contribution in [0.3, 0.4) is 0 Å². The molecule has 4 rings (SSSR count). The molecule has 0 radical (unpaired) electrons. The number of fused-ring (bicyclic) bond motifs is 1. The van der Waals surface area contributed by atoms with Gasteiger partial charge in [-0.1, -0.05) is 15.9 Å². The second-order valence-corrected chi connectivity index (χ2v) is 9.83. The molecular weight excluding hydrogens is 498 g/mol. The fraction of sp³-hybridized carbons (Fsp3) is 0.0909. The number of carbonyl (C=O) groups is 1. The van der Waals surface area contributed by atoms with Crippen molar-refractivity contribution in [3.8, 4) is 0 Å². The Morgan fingerprint density at radius 2 is 1.91 bits per heavy atom. The Kier molecular flexibility index (Phi) is 5.90. The van der Waals surface area contributed by atoms with Gasteiger partial charge in [0.05, 0.1) is 23.4 Å². The molecular formula is C22H18BrN3O5S. The molecule has 0 unspecified atom stereocenters. The number of pyridine rings is 1. The van der Waals surface area contributed by atoms with Crippen molar-refractivity contribution in [2.45, 2.75) is 11.4 Å². The molecule has 0 atom stereocenters. The van der Waals surface area contributed by atoms with Crippen LogP contribution in [-0.4, -0.2) is 26.4 Å². The second-order valence-electron chi connectivity index (χ2n) is 6.95. The minimum atomic E-state index is -3.93. The summed E-state index contributed by atoms with van der Waals surface area (Å²) in [6.45, 7) is 0.121. The van der Waals surface area contributed by atoms with Crippen molar-refractivity contribution in [3.63, 3.8) is 0 Å². The molecule has 0 fully saturated rings. The minimum Gasteiger partial charge on any atom is -0.467 e. The van der Waals surface area contributed by atoms with Gasteiger partial charge in [-0.25, -0.2) is 8.42 Å². The zero-order valence-electron chi connectivity index (χ0n) is 16.8. The third-order valence-electron chi connectivity index (χ3n) is 4.95. The Balaban J connectivity index is 1.68. The number of aromatic amines is 1. The van der Waals surface area contributed by atoms with Crippen LogP contribution in [-0.2, 0) is 16.6 Å². The van der Waals surface area contributed by atoms with Crippen LogP contribution in [0.15, 0.2) is 85.6 Å². The molecule has 164 valence electrons. The number of anilines is 1. The highest BCUT2D eigenvalue weighted by molar-refractivity contribution is 9.10. The van der Waals surface area contributed by atoms with E-state index in [9.17, 15) is 18.0 Å². The van der Waals surface area contributed by atoms with Gasteiger partial charge in [0.2, 0.25) is 5.43 Å². The molecule has 2 aromatic carbocycles. The first-order valence-corrected chi connectivity index (χ1v) is 11.7. The van der Waals surface area contributed by atoms with Crippen LogP contribution >= 0.6 is 15.9 Å². The molecule has 0 bridgehead atoms. The lowest BCUT2D eigenvalue weighted by Gasteiger charge is -2.19. The summed E-state index contributed by atoms with van der Waals surface area (Å²) < 4.78 is 33.4. The van der Waals surface area contributed by atoms with Crippen LogP contribution in [0.2, 0.25) is 0 Å². The van der Waals surface area contributed by atoms with Gasteiger partial charge in [-0.05, 0) is 54.6 Å². The number of nitrogens with one attached hydrogen (secondary N) is 2. The molecule has 4 aromatic rings. The Morgan fingerprint density at radius 1 is 1.16 bits per heavy atom. The summed E-state index contributed by atoms with van der Waals surface area (Å²) in [6.07, 6.45) is 2.79. The summed E-state index contributed by atoms with van der Waals surface area (Å²) >= 11 is 3.32. The van der Waals surface area contributed by atoms with E-state index >= 15 is 0 Å². The Hall–Kier alpha value is -3.37. The van der Waals surface area contributed by atoms with Crippen molar-refractivity contribution in [2.75, 3.05) is 11.4 Å². The molecule has 0 aliphatic rings. The molecule has 32 heavy (non-hydrogen) atoms. The number of aromatic nitrogens is 1. The topological polar surface area (TPSA) is 112 Å². The number of hydrogen-bond acceptors (Lipinski definition) is 5. The predicted octanol–water partition coefficient (Wildman–Crippen LogP) is 3.64. The molecule has 0 saturated carbocycles. The summed E-state index contributed by atoms with van der Waals surface area (Å²) in [6, 6.07) is 14.4. The third kappa shape index (κ3) is 4.19. The molecule has 10 heteroatoms. The smallest absolute Gasteiger partial charge is 0.264 e. The van der Waals surface area contributed by atoms with E-state index in [-0.39, 0.29) is 22.4 Å². The number of amides is 1. The Labute approximate surface area is 192 Å². The highest BCUT2D eigenvalue weighted by Crippen LogP contribution is 2.25. The summed E-state index contributed by atoms with van der Waals surface area (Å²) in [5, 5.41) is 2.71. The number of H-pyrrole nitrogens is 1. The number of carbonyl (C=O) groups excluding carboxylic acids is 1. The third-order valence-corrected chi connectivity index (χ3v) is 7.26. The van der Waals surface area contributed by atoms with Crippen LogP contribution in [0.1, 0.15) is 16.1 Å². The van der Waals surface area contributed by atoms with Gasteiger partial charge in [0.1, 0.15) is 11.3 Å². The molecule has 8 nitrogen and oxygen atoms in total. The Bertz CT molecular complexity index is 1450. The largest absolute Gasteiger partial charge is 0.467 e. The van der Waals surface area contributed by atoms with Crippen LogP contribution < -0.4 is 15.1 Å². The van der Waals surface area contributed by atoms with Crippen molar-refractivity contribution in [1.82, 2.24) is 10.3 Å². The minimum absolute atomic E-state index is 0.0611. The zero-order chi connectivity index (χ0) is 22.9. The van der Waals surface area contributed by atoms with Crippen molar-refractivity contribution < 1.29 is 17.6 Å². The lowest BCUT2D eigenvalue weighted by atomic mass is 10.1. The van der Waals surface area contributed by atoms with Gasteiger partial charge in [0, 0.05) is 28.6 Å². The van der Waals surface area contributed by atoms with E-state index in [2.05, 4.69) is 26.2 Å². The van der Waals surface area contributed by atoms with Crippen LogP contribution in [0.5, 0.6) is 0 Å². The molecule has 2 heterocycles. The van der Waals surface area contributed by atoms with Gasteiger partial charge in [0.15, 0.2) is 0 Å². The predicted molar refractivity (Wildman–Crippen MR) is 124 cm³/mol. The number of hydrogen-bond donors (Lipinski definition) is 2. The first-order chi connectivity index (χ1) is 15.3. The number of halogens is 1. The maximum Gasteiger partial charge on any atom is 0.264 e. The van der Waals surface area contributed by atoms with E-state index < -0.39 is 21.4 Å². The first-order valence-electron chi connectivity index (χ1n) is 9.48. The average Bonchev–Trinajstić information content (AvgIpc) is 3.31. The second kappa shape index (κ2) is 8.64. The van der Waals surface area contributed by atoms with Crippen molar-refractivity contribution >= 4 is 48.5 Å². The molecule has 2 aromatic heterocycles. The molecule has 2 N–H and O–H groups in total. The number of benzene rings is 2. The van der Waals surface area contributed by atoms with Gasteiger partial charge in [-0.3, -0.25) is 13.9 Å². The van der Waals surface area contributed by atoms with E-state index in [0.717, 1.165) is 8.78 Å². The maximum atomic E-state index is 13.1. The van der Waals surface area contributed by atoms with Gasteiger partial charge in [-0.2, -0.15) is 0 Å². The molecule has 0 aliphatic carbocycles. The monoisotopic (exact) mass is 515 g/mol. The number of sulfonamides is 1. The van der Waals surface area contributed by atoms with Gasteiger partial charge < -0.3 is 14.7 Å². The van der Waals surface area contributed by atoms with Gasteiger partial charge in [0.25, 0.3) is 15.9 Å². The zero-order valence-corrected chi connectivity index (χ0v) is 19.2. The lowest BCUT2D eigenvalue weighted by Crippen LogP contribution is -2.29. The normalized spacial score (nSPS) is 11.4. The fourth-order valence-electron chi connectivity index (χ4n) is 3.15. The maximum absolute atomic E-state index is 13.1. The van der Waals surface area contributed by atoms with Crippen LogP contribution in [0.4, 0.5) is 5.69 Å². The number of nitrogens with zero attached hydrogens (tertiary/aromatic N) is 1. The van der Waals surface area contributed by atoms with Crippen molar-refractivity contribution in [1.29, 1.82) is 0 Å². The van der Waals surface area contributed by atoms with E-state index in [0.29, 0.717) is 17.0 Å². The molecule has 0 spiro atoms. The SMILES string of the molecule is CN(c1ccc(Br)cc1)S(=O)(=O)c1ccc2[nH]cc(C(=O)NCc3ccco3)c(=O)c2c1. The number of furan rings is 1. The molecule has 0 aliphatic heterocycles. The van der Waals surface area contributed by atoms with Crippen LogP contribution in [0.25, 0.3) is 10.9 Å². The molecule has 0 saturated heterocycles. The van der Waals surface area contributed by atoms with E-state index in [1.165, 1.54) is 37.7 Å². The van der Waals surface area contributed by atoms with E-state index in [1.54, 1.807) is 36.4 Å². The van der Waals surface area contributed by atoms with Crippen molar-refractivity contribution in [2.24, 2.45) is 0 Å². The average molecular weight is 516 g/mol. The number of rotatable bonds is 6. The van der Waals surface area contributed by atoms with E-state index in [4.69, 9.17) is 4.42 Å². The summed E-state index contributed by atoms with van der Waals surface area (Å²) in [5.74, 6) is -0.0512. The van der Waals surface area contributed by atoms with Crippen LogP contribution in [0, 0.1) is 0 Å². The fourth-order valence-corrected chi connectivity index (χ4v) is 4.64. The summed E-state index contributed by atoms with van der Waals surface area (Å²) in [4.78, 5) is 28.3. The molecule has 1 amide bonds. The van der Waals surface area contributed by atoms with E-state index in [1.807, 2.05) is 0 Å². The standard InChI is InChI=1S/C22H18BrN3O5S/c1-26(15-6-4-14(23)5-7-15)32(29,30)17-8-9-20-18(11-17)21(27)19(13-24-20)22(28)25-12-16-3-2-10-31-16/h2-11,13H,12H2,1H3,(H,24,27)(H,25,28).